The summed E-state index contributed by atoms with van der Waals surface area (Å²) in [5, 5.41) is 0. The van der Waals surface area contributed by atoms with Crippen LogP contribution in [0.3, 0.4) is 0 Å². The fourth-order valence-corrected chi connectivity index (χ4v) is 2.64. The van der Waals surface area contributed by atoms with Crippen molar-refractivity contribution in [3.05, 3.63) is 50.9 Å². The lowest BCUT2D eigenvalue weighted by atomic mass is 10.2. The second kappa shape index (κ2) is 6.99. The Labute approximate surface area is 135 Å². The lowest BCUT2D eigenvalue weighted by Crippen LogP contribution is -2.10. The van der Waals surface area contributed by atoms with Crippen molar-refractivity contribution in [2.45, 2.75) is 6.92 Å². The van der Waals surface area contributed by atoms with E-state index in [9.17, 15) is 0 Å². The average molecular weight is 401 g/mol. The summed E-state index contributed by atoms with van der Waals surface area (Å²) in [6.07, 6.45) is 0. The Bertz CT molecular complexity index is 562. The lowest BCUT2D eigenvalue weighted by Gasteiger charge is -2.13. The van der Waals surface area contributed by atoms with E-state index in [1.807, 2.05) is 43.3 Å². The molecule has 0 aliphatic rings. The number of hydrogen-bond donors (Lipinski definition) is 1. The number of hydrogen-bond acceptors (Lipinski definition) is 3. The Morgan fingerprint density at radius 2 is 1.60 bits per heavy atom. The average Bonchev–Trinajstić information content (AvgIpc) is 2.39. The number of ether oxygens (including phenoxy) is 2. The normalized spacial score (nSPS) is 10.3. The quantitative estimate of drug-likeness (QED) is 0.590. The van der Waals surface area contributed by atoms with Crippen molar-refractivity contribution in [1.82, 2.24) is 0 Å². The van der Waals surface area contributed by atoms with Crippen LogP contribution in [0.1, 0.15) is 5.56 Å². The van der Waals surface area contributed by atoms with Gasteiger partial charge in [-0.15, -0.1) is 0 Å². The molecule has 0 saturated heterocycles. The highest BCUT2D eigenvalue weighted by Gasteiger charge is 2.06. The highest BCUT2D eigenvalue weighted by molar-refractivity contribution is 9.10. The van der Waals surface area contributed by atoms with Crippen molar-refractivity contribution >= 4 is 37.5 Å². The van der Waals surface area contributed by atoms with Gasteiger partial charge in [-0.25, -0.2) is 0 Å². The zero-order valence-electron chi connectivity index (χ0n) is 11.0. The van der Waals surface area contributed by atoms with E-state index in [0.29, 0.717) is 24.7 Å². The molecule has 20 heavy (non-hydrogen) atoms. The third-order valence-electron chi connectivity index (χ3n) is 2.68. The maximum Gasteiger partial charge on any atom is 0.145 e. The first kappa shape index (κ1) is 15.2. The van der Waals surface area contributed by atoms with Crippen LogP contribution in [0, 0.1) is 6.92 Å². The van der Waals surface area contributed by atoms with Crippen LogP contribution in [-0.2, 0) is 0 Å². The highest BCUT2D eigenvalue weighted by atomic mass is 79.9. The van der Waals surface area contributed by atoms with E-state index in [4.69, 9.17) is 15.2 Å². The minimum Gasteiger partial charge on any atom is -0.490 e. The second-order valence-electron chi connectivity index (χ2n) is 4.29. The minimum absolute atomic E-state index is 0.447. The van der Waals surface area contributed by atoms with Crippen LogP contribution in [0.4, 0.5) is 5.69 Å². The van der Waals surface area contributed by atoms with Gasteiger partial charge in [-0.2, -0.15) is 0 Å². The molecule has 0 radical (unpaired) electrons. The van der Waals surface area contributed by atoms with Crippen molar-refractivity contribution in [1.29, 1.82) is 0 Å². The Morgan fingerprint density at radius 3 is 2.25 bits per heavy atom. The van der Waals surface area contributed by atoms with Gasteiger partial charge < -0.3 is 15.2 Å². The first-order chi connectivity index (χ1) is 9.56. The van der Waals surface area contributed by atoms with E-state index in [1.165, 1.54) is 0 Å². The molecule has 0 heterocycles. The fraction of sp³-hybridized carbons (Fsp3) is 0.200. The molecule has 5 heteroatoms. The molecule has 0 aliphatic heterocycles. The number of nitrogen functional groups attached to an aromatic ring is 1. The van der Waals surface area contributed by atoms with Crippen LogP contribution < -0.4 is 15.2 Å². The van der Waals surface area contributed by atoms with Gasteiger partial charge >= 0.3 is 0 Å². The van der Waals surface area contributed by atoms with Crippen LogP contribution in [-0.4, -0.2) is 13.2 Å². The first-order valence-electron chi connectivity index (χ1n) is 6.13. The summed E-state index contributed by atoms with van der Waals surface area (Å²) in [7, 11) is 0. The van der Waals surface area contributed by atoms with E-state index in [-0.39, 0.29) is 0 Å². The van der Waals surface area contributed by atoms with E-state index in [2.05, 4.69) is 31.9 Å². The number of halogens is 2. The van der Waals surface area contributed by atoms with Gasteiger partial charge in [0.2, 0.25) is 0 Å². The van der Waals surface area contributed by atoms with Gasteiger partial charge in [0.15, 0.2) is 0 Å². The number of aryl methyl sites for hydroxylation is 1. The summed E-state index contributed by atoms with van der Waals surface area (Å²) in [5.41, 5.74) is 7.56. The van der Waals surface area contributed by atoms with Gasteiger partial charge in [0.25, 0.3) is 0 Å². The molecule has 3 nitrogen and oxygen atoms in total. The number of rotatable bonds is 5. The summed E-state index contributed by atoms with van der Waals surface area (Å²) in [4.78, 5) is 0. The van der Waals surface area contributed by atoms with Gasteiger partial charge in [-0.3, -0.25) is 0 Å². The van der Waals surface area contributed by atoms with Crippen molar-refractivity contribution in [3.8, 4) is 11.5 Å². The van der Waals surface area contributed by atoms with Crippen LogP contribution in [0.2, 0.25) is 0 Å². The molecule has 0 fully saturated rings. The van der Waals surface area contributed by atoms with Gasteiger partial charge in [0.05, 0.1) is 5.69 Å². The van der Waals surface area contributed by atoms with Gasteiger partial charge in [-0.1, -0.05) is 31.9 Å². The van der Waals surface area contributed by atoms with Gasteiger partial charge in [-0.05, 0) is 48.9 Å². The summed E-state index contributed by atoms with van der Waals surface area (Å²) in [5.74, 6) is 1.53. The van der Waals surface area contributed by atoms with E-state index in [0.717, 1.165) is 20.3 Å². The summed E-state index contributed by atoms with van der Waals surface area (Å²) < 4.78 is 13.3. The van der Waals surface area contributed by atoms with Crippen LogP contribution in [0.15, 0.2) is 45.3 Å². The summed E-state index contributed by atoms with van der Waals surface area (Å²) in [6, 6.07) is 11.5. The molecule has 0 spiro atoms. The van der Waals surface area contributed by atoms with Crippen molar-refractivity contribution in [2.24, 2.45) is 0 Å². The zero-order valence-corrected chi connectivity index (χ0v) is 14.2. The Hall–Kier alpha value is -1.20. The van der Waals surface area contributed by atoms with Gasteiger partial charge in [0, 0.05) is 8.95 Å². The zero-order chi connectivity index (χ0) is 14.5. The molecule has 0 aliphatic carbocycles. The topological polar surface area (TPSA) is 44.5 Å². The smallest absolute Gasteiger partial charge is 0.145 e. The SMILES string of the molecule is Cc1cc(Br)cc(N)c1OCCOc1ccc(Br)cc1. The third-order valence-corrected chi connectivity index (χ3v) is 3.67. The molecule has 2 aromatic rings. The third kappa shape index (κ3) is 4.15. The lowest BCUT2D eigenvalue weighted by molar-refractivity contribution is 0.217. The van der Waals surface area contributed by atoms with Crippen molar-refractivity contribution in [2.75, 3.05) is 18.9 Å². The van der Waals surface area contributed by atoms with Gasteiger partial charge in [0.1, 0.15) is 24.7 Å². The monoisotopic (exact) mass is 399 g/mol. The maximum atomic E-state index is 5.93. The summed E-state index contributed by atoms with van der Waals surface area (Å²) in [6.45, 7) is 2.88. The molecule has 2 N–H and O–H groups in total. The maximum absolute atomic E-state index is 5.93. The summed E-state index contributed by atoms with van der Waals surface area (Å²) >= 11 is 6.78. The molecule has 0 saturated carbocycles. The predicted octanol–water partition coefficient (Wildman–Crippen LogP) is 4.56. The molecule has 106 valence electrons. The largest absolute Gasteiger partial charge is 0.490 e. The van der Waals surface area contributed by atoms with Crippen molar-refractivity contribution in [3.63, 3.8) is 0 Å². The fourth-order valence-electron chi connectivity index (χ4n) is 1.79. The van der Waals surface area contributed by atoms with E-state index >= 15 is 0 Å². The molecule has 0 unspecified atom stereocenters. The van der Waals surface area contributed by atoms with E-state index < -0.39 is 0 Å². The molecule has 0 amide bonds. The molecular weight excluding hydrogens is 386 g/mol. The Morgan fingerprint density at radius 1 is 0.950 bits per heavy atom. The molecule has 2 rings (SSSR count). The molecular formula is C15H15Br2NO2. The van der Waals surface area contributed by atoms with Crippen LogP contribution in [0.5, 0.6) is 11.5 Å². The molecule has 0 bridgehead atoms. The molecule has 0 atom stereocenters. The molecule has 0 aromatic heterocycles. The first-order valence-corrected chi connectivity index (χ1v) is 7.71. The van der Waals surface area contributed by atoms with Crippen LogP contribution in [0.25, 0.3) is 0 Å². The Balaban J connectivity index is 1.86. The van der Waals surface area contributed by atoms with Crippen molar-refractivity contribution < 1.29 is 9.47 Å². The van der Waals surface area contributed by atoms with Crippen LogP contribution >= 0.6 is 31.9 Å². The Kier molecular flexibility index (Phi) is 5.31. The van der Waals surface area contributed by atoms with E-state index in [1.54, 1.807) is 0 Å². The standard InChI is InChI=1S/C15H15Br2NO2/c1-10-8-12(17)9-14(18)15(10)20-7-6-19-13-4-2-11(16)3-5-13/h2-5,8-9H,6-7,18H2,1H3. The number of nitrogens with two attached hydrogens (primary N) is 1. The molecule has 2 aromatic carbocycles. The highest BCUT2D eigenvalue weighted by Crippen LogP contribution is 2.29. The number of benzene rings is 2. The second-order valence-corrected chi connectivity index (χ2v) is 6.12. The predicted molar refractivity (Wildman–Crippen MR) is 88.4 cm³/mol. The minimum atomic E-state index is 0.447. The number of anilines is 1.